The minimum absolute atomic E-state index is 0.504. The van der Waals surface area contributed by atoms with E-state index in [1.54, 1.807) is 0 Å². The lowest BCUT2D eigenvalue weighted by Gasteiger charge is -2.39. The Morgan fingerprint density at radius 1 is 1.19 bits per heavy atom. The lowest BCUT2D eigenvalue weighted by atomic mass is 9.89. The summed E-state index contributed by atoms with van der Waals surface area (Å²) in [5.74, 6) is 0. The predicted octanol–water partition coefficient (Wildman–Crippen LogP) is 1.75. The number of nitrogens with one attached hydrogen (secondary N) is 1. The highest BCUT2D eigenvalue weighted by Gasteiger charge is 2.31. The number of rotatable bonds is 4. The van der Waals surface area contributed by atoms with Gasteiger partial charge in [-0.2, -0.15) is 0 Å². The van der Waals surface area contributed by atoms with Gasteiger partial charge in [0, 0.05) is 19.1 Å². The Labute approximate surface area is 98.8 Å². The van der Waals surface area contributed by atoms with E-state index in [0.717, 1.165) is 13.1 Å². The normalized spacial score (nSPS) is 32.0. The van der Waals surface area contributed by atoms with Crippen LogP contribution in [0.1, 0.15) is 32.6 Å². The Kier molecular flexibility index (Phi) is 4.24. The first-order valence-electron chi connectivity index (χ1n) is 6.51. The smallest absolute Gasteiger partial charge is 0.0612 e. The summed E-state index contributed by atoms with van der Waals surface area (Å²) in [5.41, 5.74) is 0. The number of nitrogens with zero attached hydrogens (tertiary/aromatic N) is 1. The molecule has 1 aliphatic heterocycles. The van der Waals surface area contributed by atoms with Crippen molar-refractivity contribution in [3.8, 4) is 0 Å². The van der Waals surface area contributed by atoms with Crippen LogP contribution in [-0.2, 0) is 4.74 Å². The third-order valence-corrected chi connectivity index (χ3v) is 3.72. The molecule has 0 aromatic heterocycles. The first-order valence-corrected chi connectivity index (χ1v) is 6.51. The quantitative estimate of drug-likeness (QED) is 0.787. The van der Waals surface area contributed by atoms with Gasteiger partial charge >= 0.3 is 0 Å². The summed E-state index contributed by atoms with van der Waals surface area (Å²) < 4.78 is 6.10. The molecule has 0 unspecified atom stereocenters. The fourth-order valence-electron chi connectivity index (χ4n) is 2.56. The second kappa shape index (κ2) is 5.69. The van der Waals surface area contributed by atoms with Gasteiger partial charge in [0.15, 0.2) is 0 Å². The van der Waals surface area contributed by atoms with Crippen LogP contribution in [0.15, 0.2) is 12.3 Å². The second-order valence-corrected chi connectivity index (χ2v) is 4.93. The molecule has 2 rings (SSSR count). The van der Waals surface area contributed by atoms with Crippen molar-refractivity contribution in [3.05, 3.63) is 12.3 Å². The molecule has 3 heteroatoms. The van der Waals surface area contributed by atoms with Crippen LogP contribution < -0.4 is 5.32 Å². The van der Waals surface area contributed by atoms with Crippen LogP contribution in [0.5, 0.6) is 0 Å². The predicted molar refractivity (Wildman–Crippen MR) is 66.4 cm³/mol. The summed E-state index contributed by atoms with van der Waals surface area (Å²) in [4.78, 5) is 2.39. The Bertz CT molecular complexity index is 228. The van der Waals surface area contributed by atoms with Gasteiger partial charge in [-0.25, -0.2) is 0 Å². The maximum atomic E-state index is 6.10. The summed E-state index contributed by atoms with van der Waals surface area (Å²) in [6.45, 7) is 4.38. The number of piperidine rings is 1. The molecule has 0 radical (unpaired) electrons. The van der Waals surface area contributed by atoms with Crippen molar-refractivity contribution in [3.63, 3.8) is 0 Å². The number of likely N-dealkylation sites (tertiary alicyclic amines) is 1. The van der Waals surface area contributed by atoms with E-state index in [9.17, 15) is 0 Å². The second-order valence-electron chi connectivity index (χ2n) is 4.93. The van der Waals surface area contributed by atoms with Crippen LogP contribution in [0, 0.1) is 0 Å². The van der Waals surface area contributed by atoms with Crippen LogP contribution in [0.25, 0.3) is 0 Å². The molecule has 3 nitrogen and oxygen atoms in total. The van der Waals surface area contributed by atoms with Gasteiger partial charge in [0.05, 0.1) is 12.2 Å². The van der Waals surface area contributed by atoms with Gasteiger partial charge in [-0.3, -0.25) is 0 Å². The van der Waals surface area contributed by atoms with E-state index in [4.69, 9.17) is 4.74 Å². The molecule has 0 atom stereocenters. The third-order valence-electron chi connectivity index (χ3n) is 3.72. The molecule has 0 spiro atoms. The maximum absolute atomic E-state index is 6.10. The zero-order valence-corrected chi connectivity index (χ0v) is 10.5. The largest absolute Gasteiger partial charge is 0.377 e. The van der Waals surface area contributed by atoms with Crippen molar-refractivity contribution >= 4 is 0 Å². The zero-order chi connectivity index (χ0) is 11.4. The van der Waals surface area contributed by atoms with Crippen LogP contribution in [0.4, 0.5) is 0 Å². The summed E-state index contributed by atoms with van der Waals surface area (Å²) in [7, 11) is 2.04. The summed E-state index contributed by atoms with van der Waals surface area (Å²) in [6.07, 6.45) is 10.1. The van der Waals surface area contributed by atoms with E-state index < -0.39 is 0 Å². The van der Waals surface area contributed by atoms with Gasteiger partial charge in [0.1, 0.15) is 0 Å². The van der Waals surface area contributed by atoms with E-state index in [2.05, 4.69) is 29.4 Å². The van der Waals surface area contributed by atoms with Gasteiger partial charge in [-0.05, 0) is 45.9 Å². The molecule has 1 heterocycles. The molecule has 92 valence electrons. The number of hydrogen-bond donors (Lipinski definition) is 1. The van der Waals surface area contributed by atoms with E-state index in [1.165, 1.54) is 25.7 Å². The molecule has 1 saturated heterocycles. The molecule has 16 heavy (non-hydrogen) atoms. The molecule has 1 N–H and O–H groups in total. The fraction of sp³-hybridized carbons (Fsp3) is 0.846. The molecule has 1 saturated carbocycles. The molecule has 0 aromatic carbocycles. The standard InChI is InChI=1S/C13H24N2O/c1-3-6-15-7-4-12(5-8-15)16-13-9-11(10-13)14-2/h3,6,11-14H,4-5,7-10H2,1-2H3/b6-3+. The summed E-state index contributed by atoms with van der Waals surface area (Å²) >= 11 is 0. The molecule has 1 aliphatic carbocycles. The van der Waals surface area contributed by atoms with E-state index in [-0.39, 0.29) is 0 Å². The lowest BCUT2D eigenvalue weighted by molar-refractivity contribution is -0.0802. The lowest BCUT2D eigenvalue weighted by Crippen LogP contribution is -2.46. The van der Waals surface area contributed by atoms with E-state index in [1.807, 2.05) is 7.05 Å². The van der Waals surface area contributed by atoms with Crippen LogP contribution in [0.2, 0.25) is 0 Å². The highest BCUT2D eigenvalue weighted by Crippen LogP contribution is 2.27. The monoisotopic (exact) mass is 224 g/mol. The number of hydrogen-bond acceptors (Lipinski definition) is 3. The van der Waals surface area contributed by atoms with E-state index in [0.29, 0.717) is 18.2 Å². The first-order chi connectivity index (χ1) is 7.81. The van der Waals surface area contributed by atoms with Crippen molar-refractivity contribution in [1.82, 2.24) is 10.2 Å². The van der Waals surface area contributed by atoms with Crippen LogP contribution in [-0.4, -0.2) is 43.3 Å². The highest BCUT2D eigenvalue weighted by atomic mass is 16.5. The topological polar surface area (TPSA) is 24.5 Å². The molecule has 0 aromatic rings. The molecule has 0 amide bonds. The number of ether oxygens (including phenoxy) is 1. The Hall–Kier alpha value is -0.540. The van der Waals surface area contributed by atoms with Gasteiger partial charge < -0.3 is 15.0 Å². The fourth-order valence-corrected chi connectivity index (χ4v) is 2.56. The summed E-state index contributed by atoms with van der Waals surface area (Å²) in [6, 6.07) is 0.702. The van der Waals surface area contributed by atoms with Crippen molar-refractivity contribution in [2.75, 3.05) is 20.1 Å². The molecular weight excluding hydrogens is 200 g/mol. The molecule has 0 bridgehead atoms. The Balaban J connectivity index is 1.63. The first kappa shape index (κ1) is 11.9. The van der Waals surface area contributed by atoms with Crippen molar-refractivity contribution < 1.29 is 4.74 Å². The number of allylic oxidation sites excluding steroid dienone is 1. The third kappa shape index (κ3) is 2.98. The average Bonchev–Trinajstić information content (AvgIpc) is 2.25. The van der Waals surface area contributed by atoms with E-state index >= 15 is 0 Å². The van der Waals surface area contributed by atoms with Crippen LogP contribution in [0.3, 0.4) is 0 Å². The molecular formula is C13H24N2O. The zero-order valence-electron chi connectivity index (χ0n) is 10.5. The van der Waals surface area contributed by atoms with Gasteiger partial charge in [-0.15, -0.1) is 0 Å². The van der Waals surface area contributed by atoms with Gasteiger partial charge in [-0.1, -0.05) is 6.08 Å². The van der Waals surface area contributed by atoms with Crippen molar-refractivity contribution in [2.45, 2.75) is 50.9 Å². The molecule has 2 aliphatic rings. The molecule has 2 fully saturated rings. The minimum Gasteiger partial charge on any atom is -0.377 e. The van der Waals surface area contributed by atoms with Gasteiger partial charge in [0.2, 0.25) is 0 Å². The average molecular weight is 224 g/mol. The Morgan fingerprint density at radius 3 is 2.44 bits per heavy atom. The SMILES string of the molecule is C/C=C/N1CCC(OC2CC(NC)C2)CC1. The van der Waals surface area contributed by atoms with Crippen LogP contribution >= 0.6 is 0 Å². The summed E-state index contributed by atoms with van der Waals surface area (Å²) in [5, 5.41) is 3.30. The van der Waals surface area contributed by atoms with Gasteiger partial charge in [0.25, 0.3) is 0 Å². The maximum Gasteiger partial charge on any atom is 0.0612 e. The minimum atomic E-state index is 0.504. The Morgan fingerprint density at radius 2 is 1.88 bits per heavy atom. The van der Waals surface area contributed by atoms with Crippen molar-refractivity contribution in [1.29, 1.82) is 0 Å². The highest BCUT2D eigenvalue weighted by molar-refractivity contribution is 4.88. The van der Waals surface area contributed by atoms with Crippen molar-refractivity contribution in [2.24, 2.45) is 0 Å².